The van der Waals surface area contributed by atoms with Gasteiger partial charge in [0.1, 0.15) is 5.82 Å². The third-order valence-corrected chi connectivity index (χ3v) is 3.87. The standard InChI is InChI=1S/C16H21N5/c1-12(2)21(10-16-17-6-7-20(16)3)9-13-4-5-14-15(8-13)19-11-18-14/h4-8,11-12H,9-10H2,1-3H3,(H,18,19). The van der Waals surface area contributed by atoms with E-state index in [9.17, 15) is 0 Å². The number of hydrogen-bond acceptors (Lipinski definition) is 3. The number of aromatic nitrogens is 4. The van der Waals surface area contributed by atoms with Crippen molar-refractivity contribution in [2.45, 2.75) is 33.0 Å². The maximum absolute atomic E-state index is 4.43. The van der Waals surface area contributed by atoms with Crippen molar-refractivity contribution in [2.24, 2.45) is 7.05 Å². The highest BCUT2D eigenvalue weighted by Crippen LogP contribution is 2.16. The van der Waals surface area contributed by atoms with Crippen molar-refractivity contribution in [1.29, 1.82) is 0 Å². The second kappa shape index (κ2) is 5.69. The van der Waals surface area contributed by atoms with Gasteiger partial charge in [-0.05, 0) is 31.5 Å². The molecule has 0 unspecified atom stereocenters. The number of hydrogen-bond donors (Lipinski definition) is 1. The van der Waals surface area contributed by atoms with Gasteiger partial charge in [-0.2, -0.15) is 0 Å². The van der Waals surface area contributed by atoms with Crippen LogP contribution in [0.3, 0.4) is 0 Å². The van der Waals surface area contributed by atoms with E-state index in [2.05, 4.69) is 56.5 Å². The molecule has 0 atom stereocenters. The highest BCUT2D eigenvalue weighted by molar-refractivity contribution is 5.74. The third-order valence-electron chi connectivity index (χ3n) is 3.87. The van der Waals surface area contributed by atoms with Crippen molar-refractivity contribution >= 4 is 11.0 Å². The summed E-state index contributed by atoms with van der Waals surface area (Å²) >= 11 is 0. The SMILES string of the molecule is CC(C)N(Cc1ccc2nc[nH]c2c1)Cc1nccn1C. The average Bonchev–Trinajstić information content (AvgIpc) is 3.07. The minimum atomic E-state index is 0.458. The number of fused-ring (bicyclic) bond motifs is 1. The summed E-state index contributed by atoms with van der Waals surface area (Å²) in [5.41, 5.74) is 3.39. The van der Waals surface area contributed by atoms with Crippen molar-refractivity contribution in [3.05, 3.63) is 48.3 Å². The van der Waals surface area contributed by atoms with Crippen LogP contribution in [0.4, 0.5) is 0 Å². The third kappa shape index (κ3) is 2.97. The molecule has 1 aromatic carbocycles. The monoisotopic (exact) mass is 283 g/mol. The molecule has 3 rings (SSSR count). The van der Waals surface area contributed by atoms with Crippen LogP contribution in [-0.2, 0) is 20.1 Å². The first-order valence-electron chi connectivity index (χ1n) is 7.26. The van der Waals surface area contributed by atoms with E-state index in [1.807, 2.05) is 19.4 Å². The normalized spacial score (nSPS) is 11.9. The van der Waals surface area contributed by atoms with E-state index >= 15 is 0 Å². The Kier molecular flexibility index (Phi) is 3.75. The van der Waals surface area contributed by atoms with Gasteiger partial charge in [0.2, 0.25) is 0 Å². The van der Waals surface area contributed by atoms with Crippen molar-refractivity contribution < 1.29 is 0 Å². The Morgan fingerprint density at radius 2 is 2.10 bits per heavy atom. The lowest BCUT2D eigenvalue weighted by atomic mass is 10.1. The topological polar surface area (TPSA) is 49.7 Å². The predicted octanol–water partition coefficient (Wildman–Crippen LogP) is 2.71. The van der Waals surface area contributed by atoms with E-state index in [0.29, 0.717) is 6.04 Å². The van der Waals surface area contributed by atoms with E-state index in [1.165, 1.54) is 5.56 Å². The number of imidazole rings is 2. The van der Waals surface area contributed by atoms with Gasteiger partial charge in [-0.25, -0.2) is 9.97 Å². The van der Waals surface area contributed by atoms with Gasteiger partial charge in [0, 0.05) is 32.0 Å². The summed E-state index contributed by atoms with van der Waals surface area (Å²) in [6.07, 6.45) is 5.58. The van der Waals surface area contributed by atoms with Crippen LogP contribution in [0.25, 0.3) is 11.0 Å². The molecule has 2 aromatic heterocycles. The first kappa shape index (κ1) is 13.8. The smallest absolute Gasteiger partial charge is 0.122 e. The lowest BCUT2D eigenvalue weighted by Crippen LogP contribution is -2.30. The van der Waals surface area contributed by atoms with Crippen LogP contribution in [0.5, 0.6) is 0 Å². The highest BCUT2D eigenvalue weighted by Gasteiger charge is 2.13. The molecule has 0 spiro atoms. The number of aromatic amines is 1. The molecule has 0 aliphatic heterocycles. The molecule has 5 nitrogen and oxygen atoms in total. The van der Waals surface area contributed by atoms with Crippen LogP contribution in [-0.4, -0.2) is 30.5 Å². The Balaban J connectivity index is 1.79. The molecule has 0 amide bonds. The van der Waals surface area contributed by atoms with E-state index < -0.39 is 0 Å². The Hall–Kier alpha value is -2.14. The average molecular weight is 283 g/mol. The minimum absolute atomic E-state index is 0.458. The Morgan fingerprint density at radius 3 is 2.81 bits per heavy atom. The van der Waals surface area contributed by atoms with Crippen molar-refractivity contribution in [1.82, 2.24) is 24.4 Å². The molecule has 1 N–H and O–H groups in total. The fourth-order valence-electron chi connectivity index (χ4n) is 2.47. The van der Waals surface area contributed by atoms with Gasteiger partial charge in [0.15, 0.2) is 0 Å². The minimum Gasteiger partial charge on any atom is -0.345 e. The molecule has 0 fully saturated rings. The van der Waals surface area contributed by atoms with Crippen LogP contribution in [0, 0.1) is 0 Å². The molecular formula is C16H21N5. The maximum Gasteiger partial charge on any atom is 0.122 e. The van der Waals surface area contributed by atoms with Crippen LogP contribution >= 0.6 is 0 Å². The Bertz CT molecular complexity index is 725. The van der Waals surface area contributed by atoms with Crippen molar-refractivity contribution in [3.63, 3.8) is 0 Å². The summed E-state index contributed by atoms with van der Waals surface area (Å²) in [6, 6.07) is 6.85. The van der Waals surface area contributed by atoms with E-state index in [1.54, 1.807) is 6.33 Å². The zero-order chi connectivity index (χ0) is 14.8. The molecule has 2 heterocycles. The summed E-state index contributed by atoms with van der Waals surface area (Å²) in [7, 11) is 2.04. The molecule has 21 heavy (non-hydrogen) atoms. The number of H-pyrrole nitrogens is 1. The molecule has 0 saturated heterocycles. The number of aryl methyl sites for hydroxylation is 1. The van der Waals surface area contributed by atoms with Crippen LogP contribution in [0.1, 0.15) is 25.2 Å². The zero-order valence-electron chi connectivity index (χ0n) is 12.7. The molecule has 0 aliphatic rings. The number of benzene rings is 1. The number of nitrogens with one attached hydrogen (secondary N) is 1. The molecule has 0 aliphatic carbocycles. The van der Waals surface area contributed by atoms with Gasteiger partial charge < -0.3 is 9.55 Å². The molecule has 110 valence electrons. The number of rotatable bonds is 5. The molecule has 0 saturated carbocycles. The summed E-state index contributed by atoms with van der Waals surface area (Å²) in [4.78, 5) is 14.3. The highest BCUT2D eigenvalue weighted by atomic mass is 15.2. The van der Waals surface area contributed by atoms with Gasteiger partial charge in [0.05, 0.1) is 23.9 Å². The lowest BCUT2D eigenvalue weighted by Gasteiger charge is -2.26. The molecular weight excluding hydrogens is 262 g/mol. The van der Waals surface area contributed by atoms with Crippen LogP contribution in [0.2, 0.25) is 0 Å². The first-order valence-corrected chi connectivity index (χ1v) is 7.26. The molecule has 3 aromatic rings. The van der Waals surface area contributed by atoms with E-state index in [4.69, 9.17) is 0 Å². The van der Waals surface area contributed by atoms with Gasteiger partial charge in [-0.15, -0.1) is 0 Å². The van der Waals surface area contributed by atoms with Crippen molar-refractivity contribution in [3.8, 4) is 0 Å². The van der Waals surface area contributed by atoms with Crippen molar-refractivity contribution in [2.75, 3.05) is 0 Å². The molecule has 5 heteroatoms. The second-order valence-corrected chi connectivity index (χ2v) is 5.71. The van der Waals surface area contributed by atoms with Gasteiger partial charge in [0.25, 0.3) is 0 Å². The summed E-state index contributed by atoms with van der Waals surface area (Å²) in [6.45, 7) is 6.19. The largest absolute Gasteiger partial charge is 0.345 e. The molecule has 0 bridgehead atoms. The first-order chi connectivity index (χ1) is 10.1. The van der Waals surface area contributed by atoms with E-state index in [0.717, 1.165) is 29.9 Å². The fourth-order valence-corrected chi connectivity index (χ4v) is 2.47. The van der Waals surface area contributed by atoms with Crippen LogP contribution in [0.15, 0.2) is 36.9 Å². The summed E-state index contributed by atoms with van der Waals surface area (Å²) < 4.78 is 2.08. The second-order valence-electron chi connectivity index (χ2n) is 5.71. The summed E-state index contributed by atoms with van der Waals surface area (Å²) in [5, 5.41) is 0. The quantitative estimate of drug-likeness (QED) is 0.783. The fraction of sp³-hybridized carbons (Fsp3) is 0.375. The zero-order valence-corrected chi connectivity index (χ0v) is 12.7. The predicted molar refractivity (Wildman–Crippen MR) is 83.7 cm³/mol. The van der Waals surface area contributed by atoms with Gasteiger partial charge in [-0.1, -0.05) is 6.07 Å². The van der Waals surface area contributed by atoms with Gasteiger partial charge in [-0.3, -0.25) is 4.90 Å². The number of nitrogens with zero attached hydrogens (tertiary/aromatic N) is 4. The Labute approximate surface area is 124 Å². The Morgan fingerprint density at radius 1 is 1.24 bits per heavy atom. The summed E-state index contributed by atoms with van der Waals surface area (Å²) in [5.74, 6) is 1.09. The van der Waals surface area contributed by atoms with Crippen LogP contribution < -0.4 is 0 Å². The lowest BCUT2D eigenvalue weighted by molar-refractivity contribution is 0.196. The van der Waals surface area contributed by atoms with E-state index in [-0.39, 0.29) is 0 Å². The van der Waals surface area contributed by atoms with Gasteiger partial charge >= 0.3 is 0 Å². The maximum atomic E-state index is 4.43. The molecule has 0 radical (unpaired) electrons.